The number of nitrogens with zero attached hydrogens (tertiary/aromatic N) is 4. The molecule has 1 amide bonds. The van der Waals surface area contributed by atoms with Crippen molar-refractivity contribution in [1.82, 2.24) is 10.2 Å². The summed E-state index contributed by atoms with van der Waals surface area (Å²) in [6.07, 6.45) is 7.82. The topological polar surface area (TPSA) is 86.6 Å². The third-order valence-corrected chi connectivity index (χ3v) is 6.52. The SMILES string of the molecule is CN(C)c1ccc(-c2ccc(CN(C(=O)C3CCCCC3)c3cccc(C=CC(=O)O)c3)cc2)nn1. The average molecular weight is 485 g/mol. The number of carbonyl (C=O) groups is 2. The minimum absolute atomic E-state index is 0.0155. The smallest absolute Gasteiger partial charge is 0.328 e. The number of amides is 1. The van der Waals surface area contributed by atoms with Gasteiger partial charge in [0.05, 0.1) is 12.2 Å². The van der Waals surface area contributed by atoms with Gasteiger partial charge >= 0.3 is 5.97 Å². The highest BCUT2D eigenvalue weighted by atomic mass is 16.4. The average Bonchev–Trinajstić information content (AvgIpc) is 2.91. The van der Waals surface area contributed by atoms with Gasteiger partial charge in [-0.1, -0.05) is 55.7 Å². The van der Waals surface area contributed by atoms with Gasteiger partial charge in [0.2, 0.25) is 5.91 Å². The number of hydrogen-bond donors (Lipinski definition) is 1. The summed E-state index contributed by atoms with van der Waals surface area (Å²) in [6, 6.07) is 19.4. The van der Waals surface area contributed by atoms with Crippen LogP contribution in [0.5, 0.6) is 0 Å². The van der Waals surface area contributed by atoms with Gasteiger partial charge in [-0.05, 0) is 54.3 Å². The van der Waals surface area contributed by atoms with Crippen molar-refractivity contribution in [1.29, 1.82) is 0 Å². The first-order chi connectivity index (χ1) is 17.4. The van der Waals surface area contributed by atoms with Gasteiger partial charge in [-0.3, -0.25) is 4.79 Å². The van der Waals surface area contributed by atoms with Crippen molar-refractivity contribution in [3.05, 3.63) is 77.9 Å². The largest absolute Gasteiger partial charge is 0.478 e. The molecule has 1 N–H and O–H groups in total. The zero-order valence-corrected chi connectivity index (χ0v) is 20.8. The molecule has 0 atom stereocenters. The molecule has 4 rings (SSSR count). The van der Waals surface area contributed by atoms with E-state index in [2.05, 4.69) is 10.2 Å². The van der Waals surface area contributed by atoms with E-state index in [0.717, 1.165) is 65.6 Å². The van der Waals surface area contributed by atoms with Crippen LogP contribution in [0.2, 0.25) is 0 Å². The highest BCUT2D eigenvalue weighted by molar-refractivity contribution is 5.95. The van der Waals surface area contributed by atoms with Gasteiger partial charge in [-0.15, -0.1) is 10.2 Å². The van der Waals surface area contributed by atoms with Crippen molar-refractivity contribution in [2.24, 2.45) is 5.92 Å². The third kappa shape index (κ3) is 6.36. The second-order valence-corrected chi connectivity index (χ2v) is 9.39. The summed E-state index contributed by atoms with van der Waals surface area (Å²) in [7, 11) is 3.86. The molecule has 1 heterocycles. The van der Waals surface area contributed by atoms with E-state index < -0.39 is 5.97 Å². The van der Waals surface area contributed by atoms with Crippen LogP contribution in [0, 0.1) is 5.92 Å². The fraction of sp³-hybridized carbons (Fsp3) is 0.310. The van der Waals surface area contributed by atoms with Crippen LogP contribution >= 0.6 is 0 Å². The van der Waals surface area contributed by atoms with Crippen LogP contribution in [0.3, 0.4) is 0 Å². The van der Waals surface area contributed by atoms with E-state index in [1.165, 1.54) is 6.42 Å². The van der Waals surface area contributed by atoms with Crippen LogP contribution in [-0.4, -0.2) is 41.3 Å². The molecule has 1 fully saturated rings. The molecule has 0 bridgehead atoms. The second kappa shape index (κ2) is 11.6. The van der Waals surface area contributed by atoms with Gasteiger partial charge in [0.1, 0.15) is 0 Å². The van der Waals surface area contributed by atoms with Gasteiger partial charge < -0.3 is 14.9 Å². The summed E-state index contributed by atoms with van der Waals surface area (Å²) >= 11 is 0. The number of aliphatic carboxylic acids is 1. The van der Waals surface area contributed by atoms with E-state index in [1.54, 1.807) is 6.08 Å². The molecule has 7 nitrogen and oxygen atoms in total. The quantitative estimate of drug-likeness (QED) is 0.430. The number of carbonyl (C=O) groups excluding carboxylic acids is 1. The number of anilines is 2. The highest BCUT2D eigenvalue weighted by Crippen LogP contribution is 2.30. The van der Waals surface area contributed by atoms with E-state index in [4.69, 9.17) is 5.11 Å². The van der Waals surface area contributed by atoms with Crippen molar-refractivity contribution >= 4 is 29.5 Å². The molecule has 1 aromatic heterocycles. The molecular formula is C29H32N4O3. The Bertz CT molecular complexity index is 1210. The Hall–Kier alpha value is -4.00. The number of aromatic nitrogens is 2. The van der Waals surface area contributed by atoms with Crippen molar-refractivity contribution < 1.29 is 14.7 Å². The highest BCUT2D eigenvalue weighted by Gasteiger charge is 2.27. The Morgan fingerprint density at radius 2 is 1.72 bits per heavy atom. The number of benzene rings is 2. The molecule has 1 aliphatic rings. The number of carboxylic acid groups (broad SMARTS) is 1. The van der Waals surface area contributed by atoms with Crippen molar-refractivity contribution in [3.63, 3.8) is 0 Å². The zero-order chi connectivity index (χ0) is 25.5. The molecule has 0 unspecified atom stereocenters. The van der Waals surface area contributed by atoms with Crippen LogP contribution in [0.4, 0.5) is 11.5 Å². The van der Waals surface area contributed by atoms with Crippen molar-refractivity contribution in [3.8, 4) is 11.3 Å². The lowest BCUT2D eigenvalue weighted by molar-refractivity contribution is -0.131. The molecule has 0 aliphatic heterocycles. The van der Waals surface area contributed by atoms with E-state index in [1.807, 2.05) is 84.6 Å². The van der Waals surface area contributed by atoms with E-state index in [9.17, 15) is 9.59 Å². The molecule has 36 heavy (non-hydrogen) atoms. The molecule has 2 aromatic carbocycles. The lowest BCUT2D eigenvalue weighted by Crippen LogP contribution is -2.36. The minimum Gasteiger partial charge on any atom is -0.478 e. The fourth-order valence-electron chi connectivity index (χ4n) is 4.51. The first kappa shape index (κ1) is 25.1. The van der Waals surface area contributed by atoms with Crippen molar-refractivity contribution in [2.75, 3.05) is 23.9 Å². The number of carboxylic acids is 1. The molecule has 0 radical (unpaired) electrons. The molecule has 1 aliphatic carbocycles. The predicted octanol–water partition coefficient (Wildman–Crippen LogP) is 5.42. The second-order valence-electron chi connectivity index (χ2n) is 9.39. The first-order valence-corrected chi connectivity index (χ1v) is 12.3. The van der Waals surface area contributed by atoms with Crippen LogP contribution in [-0.2, 0) is 16.1 Å². The standard InChI is InChI=1S/C29H32N4O3/c1-32(2)27-17-16-26(30-31-27)23-14-11-22(12-15-23)20-33(29(36)24-8-4-3-5-9-24)25-10-6-7-21(19-25)13-18-28(34)35/h6-7,10-19,24H,3-5,8-9,20H2,1-2H3,(H,34,35). The van der Waals surface area contributed by atoms with E-state index in [0.29, 0.717) is 6.54 Å². The lowest BCUT2D eigenvalue weighted by Gasteiger charge is -2.30. The van der Waals surface area contributed by atoms with Gasteiger partial charge in [0.25, 0.3) is 0 Å². The molecule has 1 saturated carbocycles. The summed E-state index contributed by atoms with van der Waals surface area (Å²) < 4.78 is 0. The monoisotopic (exact) mass is 484 g/mol. The van der Waals surface area contributed by atoms with Crippen LogP contribution in [0.15, 0.2) is 66.7 Å². The Labute approximate surface area is 212 Å². The maximum absolute atomic E-state index is 13.6. The maximum atomic E-state index is 13.6. The lowest BCUT2D eigenvalue weighted by atomic mass is 9.88. The third-order valence-electron chi connectivity index (χ3n) is 6.52. The predicted molar refractivity (Wildman–Crippen MR) is 143 cm³/mol. The Morgan fingerprint density at radius 1 is 0.972 bits per heavy atom. The summed E-state index contributed by atoms with van der Waals surface area (Å²) in [6.45, 7) is 0.437. The summed E-state index contributed by atoms with van der Waals surface area (Å²) in [5.74, 6) is -0.0608. The Kier molecular flexibility index (Phi) is 8.10. The van der Waals surface area contributed by atoms with Gasteiger partial charge in [0, 0.05) is 37.3 Å². The molecule has 0 saturated heterocycles. The molecule has 7 heteroatoms. The van der Waals surface area contributed by atoms with Gasteiger partial charge in [0.15, 0.2) is 5.82 Å². The van der Waals surface area contributed by atoms with Crippen LogP contribution < -0.4 is 9.80 Å². The summed E-state index contributed by atoms with van der Waals surface area (Å²) in [5.41, 5.74) is 4.27. The van der Waals surface area contributed by atoms with E-state index in [-0.39, 0.29) is 11.8 Å². The van der Waals surface area contributed by atoms with Gasteiger partial charge in [-0.2, -0.15) is 0 Å². The fourth-order valence-corrected chi connectivity index (χ4v) is 4.51. The van der Waals surface area contributed by atoms with E-state index >= 15 is 0 Å². The number of rotatable bonds is 8. The Balaban J connectivity index is 1.58. The Morgan fingerprint density at radius 3 is 2.36 bits per heavy atom. The minimum atomic E-state index is -1.00. The maximum Gasteiger partial charge on any atom is 0.328 e. The van der Waals surface area contributed by atoms with Crippen molar-refractivity contribution in [2.45, 2.75) is 38.6 Å². The summed E-state index contributed by atoms with van der Waals surface area (Å²) in [5, 5.41) is 17.6. The normalized spacial score (nSPS) is 14.1. The molecule has 0 spiro atoms. The molecule has 186 valence electrons. The van der Waals surface area contributed by atoms with Gasteiger partial charge in [-0.25, -0.2) is 4.79 Å². The van der Waals surface area contributed by atoms with Crippen LogP contribution in [0.25, 0.3) is 17.3 Å². The first-order valence-electron chi connectivity index (χ1n) is 12.3. The molecular weight excluding hydrogens is 452 g/mol. The van der Waals surface area contributed by atoms with Crippen LogP contribution in [0.1, 0.15) is 43.2 Å². The number of hydrogen-bond acceptors (Lipinski definition) is 5. The molecule has 3 aromatic rings. The zero-order valence-electron chi connectivity index (χ0n) is 20.8. The summed E-state index contributed by atoms with van der Waals surface area (Å²) in [4.78, 5) is 28.4.